The van der Waals surface area contributed by atoms with E-state index in [9.17, 15) is 13.9 Å². The number of pyridine rings is 1. The van der Waals surface area contributed by atoms with Crippen molar-refractivity contribution >= 4 is 17.0 Å². The van der Waals surface area contributed by atoms with Crippen molar-refractivity contribution in [2.45, 2.75) is 64.3 Å². The molecule has 3 aromatic rings. The van der Waals surface area contributed by atoms with Gasteiger partial charge < -0.3 is 15.7 Å². The lowest BCUT2D eigenvalue weighted by Gasteiger charge is -2.26. The smallest absolute Gasteiger partial charge is 0.223 e. The fraction of sp³-hybridized carbons (Fsp3) is 0.480. The molecule has 1 aliphatic rings. The molecular formula is C25H31F2N5O. The third-order valence-electron chi connectivity index (χ3n) is 6.01. The Kier molecular flexibility index (Phi) is 7.14. The van der Waals surface area contributed by atoms with Crippen molar-refractivity contribution in [3.8, 4) is 11.3 Å². The van der Waals surface area contributed by atoms with Crippen molar-refractivity contribution in [1.29, 1.82) is 0 Å². The lowest BCUT2D eigenvalue weighted by atomic mass is 9.98. The highest BCUT2D eigenvalue weighted by molar-refractivity contribution is 5.82. The number of piperidine rings is 1. The van der Waals surface area contributed by atoms with E-state index in [0.717, 1.165) is 11.1 Å². The first-order valence-corrected chi connectivity index (χ1v) is 11.6. The average molecular weight is 456 g/mol. The molecule has 2 aromatic heterocycles. The molecule has 3 N–H and O–H groups in total. The minimum absolute atomic E-state index is 0.0729. The lowest BCUT2D eigenvalue weighted by molar-refractivity contribution is 0.184. The van der Waals surface area contributed by atoms with Gasteiger partial charge in [-0.25, -0.2) is 23.7 Å². The van der Waals surface area contributed by atoms with Crippen molar-refractivity contribution in [2.75, 3.05) is 18.4 Å². The molecule has 1 saturated heterocycles. The van der Waals surface area contributed by atoms with Gasteiger partial charge in [0.15, 0.2) is 0 Å². The number of hydrogen-bond acceptors (Lipinski definition) is 6. The Hall–Kier alpha value is -2.71. The molecule has 8 heteroatoms. The topological polar surface area (TPSA) is 83.0 Å². The van der Waals surface area contributed by atoms with Crippen molar-refractivity contribution in [2.24, 2.45) is 0 Å². The van der Waals surface area contributed by atoms with E-state index in [4.69, 9.17) is 9.97 Å². The lowest BCUT2D eigenvalue weighted by Crippen LogP contribution is -2.44. The summed E-state index contributed by atoms with van der Waals surface area (Å²) < 4.78 is 28.4. The molecule has 6 nitrogen and oxygen atoms in total. The van der Waals surface area contributed by atoms with Gasteiger partial charge in [0.05, 0.1) is 23.5 Å². The van der Waals surface area contributed by atoms with Crippen molar-refractivity contribution < 1.29 is 13.9 Å². The minimum Gasteiger partial charge on any atom is -0.393 e. The number of hydrogen-bond donors (Lipinski definition) is 3. The number of rotatable bonds is 7. The third-order valence-corrected chi connectivity index (χ3v) is 6.01. The Balaban J connectivity index is 1.65. The zero-order valence-corrected chi connectivity index (χ0v) is 19.3. The van der Waals surface area contributed by atoms with Gasteiger partial charge in [-0.2, -0.15) is 0 Å². The first-order chi connectivity index (χ1) is 15.8. The number of nitrogens with zero attached hydrogens (tertiary/aromatic N) is 3. The molecule has 0 amide bonds. The third kappa shape index (κ3) is 5.62. The molecule has 0 bridgehead atoms. The largest absolute Gasteiger partial charge is 0.393 e. The zero-order valence-electron chi connectivity index (χ0n) is 19.3. The molecule has 0 aliphatic carbocycles. The Morgan fingerprint density at radius 3 is 2.70 bits per heavy atom. The zero-order chi connectivity index (χ0) is 23.5. The fourth-order valence-corrected chi connectivity index (χ4v) is 4.16. The Morgan fingerprint density at radius 1 is 1.18 bits per heavy atom. The average Bonchev–Trinajstić information content (AvgIpc) is 2.77. The summed E-state index contributed by atoms with van der Waals surface area (Å²) in [5.41, 5.74) is 4.28. The van der Waals surface area contributed by atoms with Crippen LogP contribution in [0.4, 0.5) is 14.7 Å². The first-order valence-electron chi connectivity index (χ1n) is 11.6. The van der Waals surface area contributed by atoms with Crippen molar-refractivity contribution in [3.05, 3.63) is 47.4 Å². The number of aryl methyl sites for hydroxylation is 1. The quantitative estimate of drug-likeness (QED) is 0.491. The molecule has 176 valence electrons. The molecule has 0 radical (unpaired) electrons. The van der Waals surface area contributed by atoms with Crippen LogP contribution in [0.25, 0.3) is 22.3 Å². The van der Waals surface area contributed by atoms with Crippen LogP contribution in [0, 0.1) is 5.82 Å². The molecule has 1 unspecified atom stereocenters. The standard InChI is InChI=1S/C25H31F2N5O/c1-14(2)20-10-22(17-7-6-16(21(27)8-17)5-4-15(3)33)31-23-13-29-25(32-24(20)23)30-19-9-18(26)11-28-12-19/h6-8,10,13-15,18-19,28,33H,4-5,9,11-12H2,1-3H3,(H,29,30,32)/t15?,18-,19-/m0/s1. The Morgan fingerprint density at radius 2 is 2.00 bits per heavy atom. The molecule has 1 fully saturated rings. The van der Waals surface area contributed by atoms with Gasteiger partial charge in [-0.1, -0.05) is 26.0 Å². The normalized spacial score (nSPS) is 19.7. The Bertz CT molecular complexity index is 1120. The van der Waals surface area contributed by atoms with E-state index >= 15 is 0 Å². The van der Waals surface area contributed by atoms with Gasteiger partial charge in [0, 0.05) is 31.1 Å². The summed E-state index contributed by atoms with van der Waals surface area (Å²) in [5, 5.41) is 15.8. The maximum Gasteiger partial charge on any atom is 0.223 e. The summed E-state index contributed by atoms with van der Waals surface area (Å²) in [4.78, 5) is 13.8. The summed E-state index contributed by atoms with van der Waals surface area (Å²) in [7, 11) is 0. The number of aliphatic hydroxyl groups is 1. The second kappa shape index (κ2) is 10.1. The van der Waals surface area contributed by atoms with Crippen LogP contribution in [0.15, 0.2) is 30.5 Å². The fourth-order valence-electron chi connectivity index (χ4n) is 4.16. The van der Waals surface area contributed by atoms with Crippen LogP contribution in [0.3, 0.4) is 0 Å². The van der Waals surface area contributed by atoms with Gasteiger partial charge in [-0.3, -0.25) is 0 Å². The summed E-state index contributed by atoms with van der Waals surface area (Å²) in [5.74, 6) is 0.316. The second-order valence-corrected chi connectivity index (χ2v) is 9.21. The van der Waals surface area contributed by atoms with E-state index in [0.29, 0.717) is 60.6 Å². The highest BCUT2D eigenvalue weighted by Crippen LogP contribution is 2.30. The van der Waals surface area contributed by atoms with Gasteiger partial charge in [-0.15, -0.1) is 0 Å². The molecule has 1 aromatic carbocycles. The summed E-state index contributed by atoms with van der Waals surface area (Å²) in [6, 6.07) is 6.99. The predicted octanol–water partition coefficient (Wildman–Crippen LogP) is 4.38. The number of nitrogens with one attached hydrogen (secondary N) is 2. The van der Waals surface area contributed by atoms with E-state index in [1.165, 1.54) is 6.07 Å². The number of fused-ring (bicyclic) bond motifs is 1. The molecule has 3 atom stereocenters. The number of anilines is 1. The highest BCUT2D eigenvalue weighted by Gasteiger charge is 2.22. The molecule has 0 spiro atoms. The number of alkyl halides is 1. The van der Waals surface area contributed by atoms with Crippen LogP contribution in [-0.4, -0.2) is 51.5 Å². The van der Waals surface area contributed by atoms with E-state index in [2.05, 4.69) is 29.5 Å². The molecule has 33 heavy (non-hydrogen) atoms. The maximum atomic E-state index is 14.7. The van der Waals surface area contributed by atoms with E-state index in [1.54, 1.807) is 19.2 Å². The first kappa shape index (κ1) is 23.4. The van der Waals surface area contributed by atoms with Crippen LogP contribution >= 0.6 is 0 Å². The minimum atomic E-state index is -0.883. The summed E-state index contributed by atoms with van der Waals surface area (Å²) in [6.07, 6.45) is 1.73. The van der Waals surface area contributed by atoms with Gasteiger partial charge >= 0.3 is 0 Å². The molecule has 4 rings (SSSR count). The molecular weight excluding hydrogens is 424 g/mol. The van der Waals surface area contributed by atoms with Gasteiger partial charge in [-0.05, 0) is 48.9 Å². The van der Waals surface area contributed by atoms with Crippen LogP contribution in [0.2, 0.25) is 0 Å². The monoisotopic (exact) mass is 455 g/mol. The van der Waals surface area contributed by atoms with E-state index in [-0.39, 0.29) is 17.8 Å². The summed E-state index contributed by atoms with van der Waals surface area (Å²) >= 11 is 0. The van der Waals surface area contributed by atoms with Gasteiger partial charge in [0.1, 0.15) is 17.5 Å². The van der Waals surface area contributed by atoms with Crippen LogP contribution in [0.5, 0.6) is 0 Å². The van der Waals surface area contributed by atoms with Crippen molar-refractivity contribution in [3.63, 3.8) is 0 Å². The number of aromatic nitrogens is 3. The molecule has 0 saturated carbocycles. The maximum absolute atomic E-state index is 14.7. The van der Waals surface area contributed by atoms with Crippen LogP contribution in [0.1, 0.15) is 50.7 Å². The second-order valence-electron chi connectivity index (χ2n) is 9.21. The van der Waals surface area contributed by atoms with Crippen LogP contribution < -0.4 is 10.6 Å². The molecule has 3 heterocycles. The predicted molar refractivity (Wildman–Crippen MR) is 127 cm³/mol. The highest BCUT2D eigenvalue weighted by atomic mass is 19.1. The van der Waals surface area contributed by atoms with Gasteiger partial charge in [0.25, 0.3) is 0 Å². The Labute approximate surface area is 192 Å². The van der Waals surface area contributed by atoms with Crippen LogP contribution in [-0.2, 0) is 6.42 Å². The number of benzene rings is 1. The van der Waals surface area contributed by atoms with Crippen molar-refractivity contribution in [1.82, 2.24) is 20.3 Å². The number of aliphatic hydroxyl groups excluding tert-OH is 1. The van der Waals surface area contributed by atoms with Gasteiger partial charge in [0.2, 0.25) is 5.95 Å². The molecule has 1 aliphatic heterocycles. The number of halogens is 2. The summed E-state index contributed by atoms with van der Waals surface area (Å²) in [6.45, 7) is 6.89. The van der Waals surface area contributed by atoms with E-state index < -0.39 is 12.3 Å². The van der Waals surface area contributed by atoms with E-state index in [1.807, 2.05) is 12.1 Å². The SMILES string of the molecule is CC(O)CCc1ccc(-c2cc(C(C)C)c3nc(N[C@@H]4CNC[C@@H](F)C4)ncc3n2)cc1F.